The normalized spacial score (nSPS) is 10.8. The van der Waals surface area contributed by atoms with E-state index in [1.165, 1.54) is 16.7 Å². The fourth-order valence-corrected chi connectivity index (χ4v) is 2.43. The molecule has 1 aromatic heterocycles. The molecule has 0 unspecified atom stereocenters. The Bertz CT molecular complexity index is 823. The van der Waals surface area contributed by atoms with E-state index < -0.39 is 11.6 Å². The zero-order valence-electron chi connectivity index (χ0n) is 11.5. The highest BCUT2D eigenvalue weighted by atomic mass is 35.5. The van der Waals surface area contributed by atoms with Crippen molar-refractivity contribution < 1.29 is 8.91 Å². The molecule has 0 spiro atoms. The number of halogens is 2. The van der Waals surface area contributed by atoms with Gasteiger partial charge in [0.15, 0.2) is 5.82 Å². The second kappa shape index (κ2) is 6.15. The molecular weight excluding hydrogens is 307 g/mol. The summed E-state index contributed by atoms with van der Waals surface area (Å²) in [6, 6.07) is 13.9. The van der Waals surface area contributed by atoms with Crippen LogP contribution in [0.15, 0.2) is 57.8 Å². The number of hydrogen-bond donors (Lipinski definition) is 0. The third-order valence-electron chi connectivity index (χ3n) is 3.34. The quantitative estimate of drug-likeness (QED) is 0.742. The van der Waals surface area contributed by atoms with Crippen molar-refractivity contribution in [2.24, 2.45) is 0 Å². The van der Waals surface area contributed by atoms with Gasteiger partial charge in [-0.15, -0.1) is 0 Å². The Morgan fingerprint density at radius 3 is 2.64 bits per heavy atom. The molecule has 0 saturated heterocycles. The van der Waals surface area contributed by atoms with Crippen molar-refractivity contribution in [3.63, 3.8) is 0 Å². The Morgan fingerprint density at radius 1 is 1.14 bits per heavy atom. The highest BCUT2D eigenvalue weighted by Gasteiger charge is 2.15. The second-order valence-electron chi connectivity index (χ2n) is 4.81. The van der Waals surface area contributed by atoms with E-state index >= 15 is 0 Å². The van der Waals surface area contributed by atoms with Gasteiger partial charge in [0, 0.05) is 17.0 Å². The molecule has 3 aromatic rings. The lowest BCUT2D eigenvalue weighted by atomic mass is 10.1. The van der Waals surface area contributed by atoms with Crippen molar-refractivity contribution >= 4 is 11.6 Å². The third kappa shape index (κ3) is 2.94. The van der Waals surface area contributed by atoms with E-state index in [1.807, 2.05) is 30.3 Å². The van der Waals surface area contributed by atoms with Gasteiger partial charge in [-0.05, 0) is 17.7 Å². The van der Waals surface area contributed by atoms with E-state index in [-0.39, 0.29) is 6.42 Å². The summed E-state index contributed by atoms with van der Waals surface area (Å²) in [5, 5.41) is 4.03. The molecule has 2 aromatic carbocycles. The van der Waals surface area contributed by atoms with Crippen LogP contribution in [0.3, 0.4) is 0 Å². The average Bonchev–Trinajstić information content (AvgIpc) is 2.85. The molecule has 112 valence electrons. The lowest BCUT2D eigenvalue weighted by molar-refractivity contribution is 0.375. The fraction of sp³-hybridized carbons (Fsp3) is 0.125. The van der Waals surface area contributed by atoms with Gasteiger partial charge in [-0.3, -0.25) is 9.09 Å². The molecule has 22 heavy (non-hydrogen) atoms. The van der Waals surface area contributed by atoms with Crippen LogP contribution < -0.4 is 5.76 Å². The Balaban J connectivity index is 1.94. The SMILES string of the molecule is O=c1onc(Cc2c(F)cccc2Cl)n1Cc1ccccc1. The largest absolute Gasteiger partial charge is 0.441 e. The number of aromatic nitrogens is 2. The van der Waals surface area contributed by atoms with Gasteiger partial charge in [-0.1, -0.05) is 53.2 Å². The first-order valence-corrected chi connectivity index (χ1v) is 7.05. The summed E-state index contributed by atoms with van der Waals surface area (Å²) in [7, 11) is 0. The minimum absolute atomic E-state index is 0.0874. The Morgan fingerprint density at radius 2 is 1.91 bits per heavy atom. The van der Waals surface area contributed by atoms with Gasteiger partial charge >= 0.3 is 5.76 Å². The molecule has 0 fully saturated rings. The fourth-order valence-electron chi connectivity index (χ4n) is 2.20. The first kappa shape index (κ1) is 14.5. The molecule has 0 bridgehead atoms. The van der Waals surface area contributed by atoms with E-state index in [4.69, 9.17) is 16.1 Å². The van der Waals surface area contributed by atoms with Crippen LogP contribution in [0.1, 0.15) is 17.0 Å². The van der Waals surface area contributed by atoms with Crippen molar-refractivity contribution in [3.8, 4) is 0 Å². The molecule has 1 heterocycles. The van der Waals surface area contributed by atoms with Gasteiger partial charge in [-0.25, -0.2) is 9.18 Å². The smallest absolute Gasteiger partial charge is 0.296 e. The summed E-state index contributed by atoms with van der Waals surface area (Å²) in [6.45, 7) is 0.310. The minimum atomic E-state index is -0.577. The van der Waals surface area contributed by atoms with Crippen molar-refractivity contribution in [2.45, 2.75) is 13.0 Å². The molecule has 0 atom stereocenters. The average molecular weight is 319 g/mol. The van der Waals surface area contributed by atoms with Crippen LogP contribution >= 0.6 is 11.6 Å². The highest BCUT2D eigenvalue weighted by Crippen LogP contribution is 2.21. The standard InChI is InChI=1S/C16H12ClFN2O2/c17-13-7-4-8-14(18)12(13)9-15-19-22-16(21)20(15)10-11-5-2-1-3-6-11/h1-8H,9-10H2. The van der Waals surface area contributed by atoms with Gasteiger partial charge in [0.1, 0.15) is 5.82 Å². The lowest BCUT2D eigenvalue weighted by Gasteiger charge is -2.07. The van der Waals surface area contributed by atoms with Gasteiger partial charge in [-0.2, -0.15) is 0 Å². The Labute approximate surface area is 130 Å². The maximum atomic E-state index is 13.9. The van der Waals surface area contributed by atoms with Crippen molar-refractivity contribution in [1.82, 2.24) is 9.72 Å². The molecule has 0 aliphatic rings. The molecule has 0 aliphatic carbocycles. The molecular formula is C16H12ClFN2O2. The van der Waals surface area contributed by atoms with Gasteiger partial charge < -0.3 is 0 Å². The molecule has 0 radical (unpaired) electrons. The van der Waals surface area contributed by atoms with E-state index in [0.29, 0.717) is 23.0 Å². The Hall–Kier alpha value is -2.40. The van der Waals surface area contributed by atoms with Crippen molar-refractivity contribution in [1.29, 1.82) is 0 Å². The van der Waals surface area contributed by atoms with Crippen LogP contribution in [-0.4, -0.2) is 9.72 Å². The molecule has 6 heteroatoms. The van der Waals surface area contributed by atoms with E-state index in [1.54, 1.807) is 6.07 Å². The first-order valence-electron chi connectivity index (χ1n) is 6.67. The van der Waals surface area contributed by atoms with E-state index in [0.717, 1.165) is 5.56 Å². The molecule has 0 saturated carbocycles. The summed E-state index contributed by atoms with van der Waals surface area (Å²) in [5.41, 5.74) is 1.22. The predicted molar refractivity (Wildman–Crippen MR) is 80.5 cm³/mol. The molecule has 0 N–H and O–H groups in total. The van der Waals surface area contributed by atoms with E-state index in [2.05, 4.69) is 5.16 Å². The molecule has 0 amide bonds. The highest BCUT2D eigenvalue weighted by molar-refractivity contribution is 6.31. The van der Waals surface area contributed by atoms with Crippen LogP contribution in [0.2, 0.25) is 5.02 Å². The minimum Gasteiger partial charge on any atom is -0.296 e. The number of rotatable bonds is 4. The van der Waals surface area contributed by atoms with E-state index in [9.17, 15) is 9.18 Å². The van der Waals surface area contributed by atoms with Gasteiger partial charge in [0.25, 0.3) is 0 Å². The van der Waals surface area contributed by atoms with Crippen LogP contribution in [-0.2, 0) is 13.0 Å². The molecule has 4 nitrogen and oxygen atoms in total. The maximum Gasteiger partial charge on any atom is 0.441 e. The summed E-state index contributed by atoms with van der Waals surface area (Å²) in [5.74, 6) is -0.679. The monoisotopic (exact) mass is 318 g/mol. The summed E-state index contributed by atoms with van der Waals surface area (Å²) in [6.07, 6.45) is 0.0874. The van der Waals surface area contributed by atoms with Crippen LogP contribution in [0.4, 0.5) is 4.39 Å². The topological polar surface area (TPSA) is 48.0 Å². The third-order valence-corrected chi connectivity index (χ3v) is 3.70. The zero-order valence-corrected chi connectivity index (χ0v) is 12.3. The van der Waals surface area contributed by atoms with Crippen molar-refractivity contribution in [2.75, 3.05) is 0 Å². The Kier molecular flexibility index (Phi) is 4.06. The lowest BCUT2D eigenvalue weighted by Crippen LogP contribution is -2.18. The molecule has 3 rings (SSSR count). The summed E-state index contributed by atoms with van der Waals surface area (Å²) >= 11 is 6.01. The predicted octanol–water partition coefficient (Wildman–Crippen LogP) is 3.27. The number of hydrogen-bond acceptors (Lipinski definition) is 3. The van der Waals surface area contributed by atoms with Crippen molar-refractivity contribution in [3.05, 3.63) is 86.9 Å². The second-order valence-corrected chi connectivity index (χ2v) is 5.22. The summed E-state index contributed by atoms with van der Waals surface area (Å²) in [4.78, 5) is 11.8. The van der Waals surface area contributed by atoms with Gasteiger partial charge in [0.05, 0.1) is 6.54 Å². The van der Waals surface area contributed by atoms with Crippen LogP contribution in [0.5, 0.6) is 0 Å². The van der Waals surface area contributed by atoms with Crippen LogP contribution in [0, 0.1) is 5.82 Å². The van der Waals surface area contributed by atoms with Crippen LogP contribution in [0.25, 0.3) is 0 Å². The maximum absolute atomic E-state index is 13.9. The summed E-state index contributed by atoms with van der Waals surface area (Å²) < 4.78 is 20.0. The molecule has 0 aliphatic heterocycles. The number of nitrogens with zero attached hydrogens (tertiary/aromatic N) is 2. The first-order chi connectivity index (χ1) is 10.6. The zero-order chi connectivity index (χ0) is 15.5. The number of benzene rings is 2. The van der Waals surface area contributed by atoms with Gasteiger partial charge in [0.2, 0.25) is 0 Å².